The summed E-state index contributed by atoms with van der Waals surface area (Å²) in [5.74, 6) is 0.427. The Morgan fingerprint density at radius 2 is 2.10 bits per heavy atom. The molecular weight excluding hydrogens is 250 g/mol. The molecule has 2 aliphatic rings. The van der Waals surface area contributed by atoms with Crippen LogP contribution in [0.2, 0.25) is 0 Å². The lowest BCUT2D eigenvalue weighted by Crippen LogP contribution is -2.53. The molecule has 1 aromatic carbocycles. The molecule has 1 saturated heterocycles. The smallest absolute Gasteiger partial charge is 0.120 e. The molecule has 0 amide bonds. The maximum absolute atomic E-state index is 10.2. The highest BCUT2D eigenvalue weighted by molar-refractivity contribution is 5.38. The number of hydrogen-bond donors (Lipinski definition) is 1. The molecule has 1 saturated carbocycles. The molecule has 0 aromatic heterocycles. The van der Waals surface area contributed by atoms with Crippen LogP contribution >= 0.6 is 0 Å². The molecule has 110 valence electrons. The van der Waals surface area contributed by atoms with Crippen LogP contribution in [0.5, 0.6) is 5.75 Å². The number of aryl methyl sites for hydroxylation is 1. The van der Waals surface area contributed by atoms with E-state index in [0.29, 0.717) is 17.9 Å². The van der Waals surface area contributed by atoms with Crippen molar-refractivity contribution in [3.63, 3.8) is 0 Å². The molecule has 3 atom stereocenters. The Kier molecular flexibility index (Phi) is 3.99. The number of aromatic hydroxyl groups is 1. The van der Waals surface area contributed by atoms with Gasteiger partial charge in [-0.25, -0.2) is 0 Å². The van der Waals surface area contributed by atoms with Gasteiger partial charge in [-0.15, -0.1) is 0 Å². The van der Waals surface area contributed by atoms with Crippen molar-refractivity contribution in [3.05, 3.63) is 29.3 Å². The average molecular weight is 275 g/mol. The third kappa shape index (κ3) is 2.57. The molecule has 1 heterocycles. The quantitative estimate of drug-likeness (QED) is 0.898. The van der Waals surface area contributed by atoms with Crippen LogP contribution in [0.25, 0.3) is 0 Å². The lowest BCUT2D eigenvalue weighted by atomic mass is 9.88. The number of fused-ring (bicyclic) bond motifs is 1. The van der Waals surface area contributed by atoms with Crippen LogP contribution in [0, 0.1) is 6.92 Å². The van der Waals surface area contributed by atoms with E-state index in [2.05, 4.69) is 24.0 Å². The van der Waals surface area contributed by atoms with Gasteiger partial charge >= 0.3 is 0 Å². The zero-order chi connectivity index (χ0) is 14.1. The van der Waals surface area contributed by atoms with E-state index in [1.54, 1.807) is 0 Å². The number of morpholine rings is 1. The fourth-order valence-corrected chi connectivity index (χ4v) is 3.79. The summed E-state index contributed by atoms with van der Waals surface area (Å²) in [6, 6.07) is 6.80. The first-order valence-electron chi connectivity index (χ1n) is 7.83. The summed E-state index contributed by atoms with van der Waals surface area (Å²) in [6.45, 7) is 6.01. The van der Waals surface area contributed by atoms with Crippen molar-refractivity contribution in [2.75, 3.05) is 13.2 Å². The first kappa shape index (κ1) is 13.9. The number of benzene rings is 1. The molecule has 2 fully saturated rings. The third-order valence-corrected chi connectivity index (χ3v) is 4.91. The molecular formula is C17H25NO2. The Hall–Kier alpha value is -1.06. The van der Waals surface area contributed by atoms with E-state index in [9.17, 15) is 5.11 Å². The average Bonchev–Trinajstić information content (AvgIpc) is 2.46. The summed E-state index contributed by atoms with van der Waals surface area (Å²) >= 11 is 0. The Morgan fingerprint density at radius 1 is 1.30 bits per heavy atom. The van der Waals surface area contributed by atoms with Crippen molar-refractivity contribution in [2.24, 2.45) is 0 Å². The number of phenols is 1. The SMILES string of the molecule is Cc1ccc(C(C)N2CCOC3CCCCC32)c(O)c1. The monoisotopic (exact) mass is 275 g/mol. The third-order valence-electron chi connectivity index (χ3n) is 4.91. The molecule has 1 aliphatic carbocycles. The molecule has 0 spiro atoms. The van der Waals surface area contributed by atoms with Gasteiger partial charge in [0, 0.05) is 24.2 Å². The van der Waals surface area contributed by atoms with Crippen molar-refractivity contribution >= 4 is 0 Å². The van der Waals surface area contributed by atoms with Crippen molar-refractivity contribution in [1.82, 2.24) is 4.90 Å². The summed E-state index contributed by atoms with van der Waals surface area (Å²) in [4.78, 5) is 2.54. The molecule has 20 heavy (non-hydrogen) atoms. The summed E-state index contributed by atoms with van der Waals surface area (Å²) in [6.07, 6.45) is 5.40. The minimum Gasteiger partial charge on any atom is -0.508 e. The van der Waals surface area contributed by atoms with E-state index in [0.717, 1.165) is 24.3 Å². The molecule has 1 aliphatic heterocycles. The second-order valence-electron chi connectivity index (χ2n) is 6.24. The van der Waals surface area contributed by atoms with Crippen LogP contribution in [-0.2, 0) is 4.74 Å². The van der Waals surface area contributed by atoms with Crippen molar-refractivity contribution in [3.8, 4) is 5.75 Å². The molecule has 0 bridgehead atoms. The maximum atomic E-state index is 10.2. The topological polar surface area (TPSA) is 32.7 Å². The molecule has 3 rings (SSSR count). The Bertz CT molecular complexity index is 472. The van der Waals surface area contributed by atoms with Gasteiger partial charge in [-0.05, 0) is 38.3 Å². The first-order valence-corrected chi connectivity index (χ1v) is 7.83. The molecule has 0 radical (unpaired) electrons. The zero-order valence-electron chi connectivity index (χ0n) is 12.5. The van der Waals surface area contributed by atoms with Crippen LogP contribution in [-0.4, -0.2) is 35.3 Å². The Labute approximate surface area is 121 Å². The van der Waals surface area contributed by atoms with E-state index in [4.69, 9.17) is 4.74 Å². The second-order valence-corrected chi connectivity index (χ2v) is 6.24. The second kappa shape index (κ2) is 5.74. The van der Waals surface area contributed by atoms with E-state index in [1.165, 1.54) is 25.7 Å². The van der Waals surface area contributed by atoms with Gasteiger partial charge in [-0.3, -0.25) is 4.90 Å². The molecule has 1 aromatic rings. The van der Waals surface area contributed by atoms with Gasteiger partial charge in [0.25, 0.3) is 0 Å². The van der Waals surface area contributed by atoms with E-state index in [1.807, 2.05) is 13.0 Å². The van der Waals surface area contributed by atoms with Crippen molar-refractivity contribution in [1.29, 1.82) is 0 Å². The van der Waals surface area contributed by atoms with E-state index in [-0.39, 0.29) is 6.04 Å². The highest BCUT2D eigenvalue weighted by Crippen LogP contribution is 2.36. The number of nitrogens with zero attached hydrogens (tertiary/aromatic N) is 1. The number of phenolic OH excluding ortho intramolecular Hbond substituents is 1. The number of hydrogen-bond acceptors (Lipinski definition) is 3. The van der Waals surface area contributed by atoms with Gasteiger partial charge in [0.1, 0.15) is 5.75 Å². The summed E-state index contributed by atoms with van der Waals surface area (Å²) in [5, 5.41) is 10.2. The normalized spacial score (nSPS) is 28.9. The Balaban J connectivity index is 1.83. The van der Waals surface area contributed by atoms with Gasteiger partial charge in [-0.1, -0.05) is 25.0 Å². The molecule has 3 unspecified atom stereocenters. The van der Waals surface area contributed by atoms with Gasteiger partial charge in [0.05, 0.1) is 12.7 Å². The standard InChI is InChI=1S/C17H25NO2/c1-12-7-8-14(16(19)11-12)13(2)18-9-10-20-17-6-4-3-5-15(17)18/h7-8,11,13,15,17,19H,3-6,9-10H2,1-2H3. The highest BCUT2D eigenvalue weighted by atomic mass is 16.5. The van der Waals surface area contributed by atoms with Crippen molar-refractivity contribution in [2.45, 2.75) is 57.7 Å². The molecule has 3 nitrogen and oxygen atoms in total. The van der Waals surface area contributed by atoms with E-state index < -0.39 is 0 Å². The fourth-order valence-electron chi connectivity index (χ4n) is 3.79. The van der Waals surface area contributed by atoms with Gasteiger partial charge in [0.15, 0.2) is 0 Å². The molecule has 3 heteroatoms. The Morgan fingerprint density at radius 3 is 2.90 bits per heavy atom. The van der Waals surface area contributed by atoms with Crippen LogP contribution < -0.4 is 0 Å². The minimum atomic E-state index is 0.255. The van der Waals surface area contributed by atoms with E-state index >= 15 is 0 Å². The zero-order valence-corrected chi connectivity index (χ0v) is 12.5. The van der Waals surface area contributed by atoms with Crippen LogP contribution in [0.1, 0.15) is 49.8 Å². The minimum absolute atomic E-state index is 0.255. The van der Waals surface area contributed by atoms with Crippen LogP contribution in [0.3, 0.4) is 0 Å². The van der Waals surface area contributed by atoms with Crippen molar-refractivity contribution < 1.29 is 9.84 Å². The summed E-state index contributed by atoms with van der Waals surface area (Å²) < 4.78 is 5.94. The number of ether oxygens (including phenoxy) is 1. The van der Waals surface area contributed by atoms with Crippen LogP contribution in [0.15, 0.2) is 18.2 Å². The predicted molar refractivity (Wildman–Crippen MR) is 80.0 cm³/mol. The molecule has 1 N–H and O–H groups in total. The summed E-state index contributed by atoms with van der Waals surface area (Å²) in [7, 11) is 0. The first-order chi connectivity index (χ1) is 9.66. The van der Waals surface area contributed by atoms with Gasteiger partial charge in [0.2, 0.25) is 0 Å². The maximum Gasteiger partial charge on any atom is 0.120 e. The van der Waals surface area contributed by atoms with Gasteiger partial charge in [-0.2, -0.15) is 0 Å². The fraction of sp³-hybridized carbons (Fsp3) is 0.647. The largest absolute Gasteiger partial charge is 0.508 e. The van der Waals surface area contributed by atoms with Crippen LogP contribution in [0.4, 0.5) is 0 Å². The highest BCUT2D eigenvalue weighted by Gasteiger charge is 2.37. The lowest BCUT2D eigenvalue weighted by Gasteiger charge is -2.46. The van der Waals surface area contributed by atoms with Gasteiger partial charge < -0.3 is 9.84 Å². The number of rotatable bonds is 2. The predicted octanol–water partition coefficient (Wildman–Crippen LogP) is 3.41. The lowest BCUT2D eigenvalue weighted by molar-refractivity contribution is -0.101. The summed E-state index contributed by atoms with van der Waals surface area (Å²) in [5.41, 5.74) is 2.15.